The minimum atomic E-state index is 0.563. The molecule has 0 radical (unpaired) electrons. The predicted molar refractivity (Wildman–Crippen MR) is 62.1 cm³/mol. The van der Waals surface area contributed by atoms with Gasteiger partial charge in [-0.05, 0) is 43.2 Å². The highest BCUT2D eigenvalue weighted by molar-refractivity contribution is 6.29. The monoisotopic (exact) mass is 222 g/mol. The van der Waals surface area contributed by atoms with Gasteiger partial charge in [-0.3, -0.25) is 0 Å². The van der Waals surface area contributed by atoms with Crippen LogP contribution in [0.1, 0.15) is 25.7 Å². The Labute approximate surface area is 95.0 Å². The van der Waals surface area contributed by atoms with Gasteiger partial charge >= 0.3 is 0 Å². The Morgan fingerprint density at radius 1 is 1.27 bits per heavy atom. The number of anilines is 1. The van der Waals surface area contributed by atoms with Crippen molar-refractivity contribution in [2.75, 3.05) is 5.32 Å². The number of rotatable bonds is 2. The van der Waals surface area contributed by atoms with Crippen molar-refractivity contribution in [1.82, 2.24) is 4.98 Å². The average Bonchev–Trinajstić information content (AvgIpc) is 2.83. The average molecular weight is 223 g/mol. The Bertz CT molecular complexity index is 349. The molecule has 1 N–H and O–H groups in total. The molecule has 1 aromatic rings. The molecule has 2 aliphatic carbocycles. The fourth-order valence-corrected chi connectivity index (χ4v) is 3.21. The molecule has 0 spiro atoms. The summed E-state index contributed by atoms with van der Waals surface area (Å²) < 4.78 is 0. The second kappa shape index (κ2) is 3.67. The molecular formula is C12H15ClN2. The summed E-state index contributed by atoms with van der Waals surface area (Å²) in [6.45, 7) is 0. The zero-order chi connectivity index (χ0) is 10.3. The van der Waals surface area contributed by atoms with Gasteiger partial charge in [0, 0.05) is 6.04 Å². The molecule has 2 fully saturated rings. The van der Waals surface area contributed by atoms with Crippen LogP contribution in [0.15, 0.2) is 18.3 Å². The normalized spacial score (nSPS) is 33.3. The predicted octanol–water partition coefficient (Wildman–Crippen LogP) is 3.34. The summed E-state index contributed by atoms with van der Waals surface area (Å²) in [6, 6.07) is 4.53. The molecule has 3 atom stereocenters. The van der Waals surface area contributed by atoms with Crippen LogP contribution in [0.3, 0.4) is 0 Å². The highest BCUT2D eigenvalue weighted by Gasteiger charge is 2.39. The fourth-order valence-electron chi connectivity index (χ4n) is 3.10. The second-order valence-electron chi connectivity index (χ2n) is 4.80. The lowest BCUT2D eigenvalue weighted by Crippen LogP contribution is -2.25. The number of hydrogen-bond acceptors (Lipinski definition) is 2. The molecule has 2 saturated carbocycles. The van der Waals surface area contributed by atoms with E-state index in [9.17, 15) is 0 Å². The molecular weight excluding hydrogens is 208 g/mol. The number of pyridine rings is 1. The molecule has 80 valence electrons. The SMILES string of the molecule is Clc1ccc(N[C@@H]2C[C@@H]3CC[C@@H]2C3)cn1. The zero-order valence-electron chi connectivity index (χ0n) is 8.62. The maximum atomic E-state index is 5.75. The molecule has 0 amide bonds. The van der Waals surface area contributed by atoms with E-state index in [1.165, 1.54) is 25.7 Å². The van der Waals surface area contributed by atoms with Crippen LogP contribution >= 0.6 is 11.6 Å². The van der Waals surface area contributed by atoms with Gasteiger partial charge in [-0.15, -0.1) is 0 Å². The van der Waals surface area contributed by atoms with Gasteiger partial charge in [-0.1, -0.05) is 18.0 Å². The molecule has 0 aliphatic heterocycles. The van der Waals surface area contributed by atoms with Crippen molar-refractivity contribution in [1.29, 1.82) is 0 Å². The van der Waals surface area contributed by atoms with Crippen LogP contribution in [0.25, 0.3) is 0 Å². The topological polar surface area (TPSA) is 24.9 Å². The number of halogens is 1. The third-order valence-electron chi connectivity index (χ3n) is 3.82. The lowest BCUT2D eigenvalue weighted by Gasteiger charge is -2.23. The van der Waals surface area contributed by atoms with Gasteiger partial charge in [0.2, 0.25) is 0 Å². The maximum Gasteiger partial charge on any atom is 0.129 e. The van der Waals surface area contributed by atoms with E-state index in [4.69, 9.17) is 11.6 Å². The van der Waals surface area contributed by atoms with Crippen molar-refractivity contribution in [3.8, 4) is 0 Å². The molecule has 15 heavy (non-hydrogen) atoms. The van der Waals surface area contributed by atoms with E-state index in [2.05, 4.69) is 10.3 Å². The van der Waals surface area contributed by atoms with E-state index in [0.29, 0.717) is 11.2 Å². The molecule has 2 nitrogen and oxygen atoms in total. The van der Waals surface area contributed by atoms with E-state index in [-0.39, 0.29) is 0 Å². The highest BCUT2D eigenvalue weighted by Crippen LogP contribution is 2.45. The quantitative estimate of drug-likeness (QED) is 0.777. The minimum Gasteiger partial charge on any atom is -0.381 e. The van der Waals surface area contributed by atoms with Crippen LogP contribution in [0.4, 0.5) is 5.69 Å². The van der Waals surface area contributed by atoms with Crippen molar-refractivity contribution in [2.45, 2.75) is 31.7 Å². The van der Waals surface area contributed by atoms with Crippen molar-refractivity contribution in [3.63, 3.8) is 0 Å². The molecule has 0 unspecified atom stereocenters. The first-order valence-electron chi connectivity index (χ1n) is 5.69. The van der Waals surface area contributed by atoms with Crippen LogP contribution in [0.2, 0.25) is 5.15 Å². The molecule has 3 heteroatoms. The summed E-state index contributed by atoms with van der Waals surface area (Å²) in [5, 5.41) is 4.14. The highest BCUT2D eigenvalue weighted by atomic mass is 35.5. The number of nitrogens with zero attached hydrogens (tertiary/aromatic N) is 1. The van der Waals surface area contributed by atoms with Gasteiger partial charge in [0.25, 0.3) is 0 Å². The van der Waals surface area contributed by atoms with Crippen LogP contribution in [-0.2, 0) is 0 Å². The van der Waals surface area contributed by atoms with Gasteiger partial charge in [-0.25, -0.2) is 4.98 Å². The molecule has 3 rings (SSSR count). The summed E-state index contributed by atoms with van der Waals surface area (Å²) >= 11 is 5.75. The van der Waals surface area contributed by atoms with Crippen molar-refractivity contribution in [3.05, 3.63) is 23.5 Å². The lowest BCUT2D eigenvalue weighted by atomic mass is 9.95. The molecule has 2 aliphatic rings. The summed E-state index contributed by atoms with van der Waals surface area (Å²) in [5.74, 6) is 1.87. The fraction of sp³-hybridized carbons (Fsp3) is 0.583. The molecule has 1 heterocycles. The summed E-state index contributed by atoms with van der Waals surface area (Å²) in [5.41, 5.74) is 1.11. The van der Waals surface area contributed by atoms with E-state index in [1.807, 2.05) is 18.3 Å². The first-order valence-corrected chi connectivity index (χ1v) is 6.07. The Kier molecular flexibility index (Phi) is 2.32. The number of hydrogen-bond donors (Lipinski definition) is 1. The number of fused-ring (bicyclic) bond motifs is 2. The van der Waals surface area contributed by atoms with Crippen LogP contribution in [-0.4, -0.2) is 11.0 Å². The van der Waals surface area contributed by atoms with Gasteiger partial charge in [0.05, 0.1) is 11.9 Å². The van der Waals surface area contributed by atoms with Crippen LogP contribution in [0.5, 0.6) is 0 Å². The summed E-state index contributed by atoms with van der Waals surface area (Å²) in [7, 11) is 0. The van der Waals surface area contributed by atoms with E-state index in [1.54, 1.807) is 0 Å². The summed E-state index contributed by atoms with van der Waals surface area (Å²) in [6.07, 6.45) is 7.45. The van der Waals surface area contributed by atoms with Crippen LogP contribution in [0, 0.1) is 11.8 Å². The zero-order valence-corrected chi connectivity index (χ0v) is 9.37. The third kappa shape index (κ3) is 1.83. The van der Waals surface area contributed by atoms with Crippen molar-refractivity contribution >= 4 is 17.3 Å². The lowest BCUT2D eigenvalue weighted by molar-refractivity contribution is 0.439. The smallest absolute Gasteiger partial charge is 0.129 e. The third-order valence-corrected chi connectivity index (χ3v) is 4.04. The number of aromatic nitrogens is 1. The van der Waals surface area contributed by atoms with Gasteiger partial charge in [-0.2, -0.15) is 0 Å². The van der Waals surface area contributed by atoms with Gasteiger partial charge < -0.3 is 5.32 Å². The molecule has 1 aromatic heterocycles. The Hall–Kier alpha value is -0.760. The van der Waals surface area contributed by atoms with Crippen LogP contribution < -0.4 is 5.32 Å². The van der Waals surface area contributed by atoms with E-state index < -0.39 is 0 Å². The Morgan fingerprint density at radius 3 is 2.80 bits per heavy atom. The van der Waals surface area contributed by atoms with Crippen molar-refractivity contribution < 1.29 is 0 Å². The van der Waals surface area contributed by atoms with Crippen molar-refractivity contribution in [2.24, 2.45) is 11.8 Å². The second-order valence-corrected chi connectivity index (χ2v) is 5.18. The number of nitrogens with one attached hydrogen (secondary N) is 1. The molecule has 0 saturated heterocycles. The van der Waals surface area contributed by atoms with E-state index >= 15 is 0 Å². The minimum absolute atomic E-state index is 0.563. The summed E-state index contributed by atoms with van der Waals surface area (Å²) in [4.78, 5) is 4.09. The largest absolute Gasteiger partial charge is 0.381 e. The molecule has 2 bridgehead atoms. The Balaban J connectivity index is 1.68. The van der Waals surface area contributed by atoms with E-state index in [0.717, 1.165) is 17.5 Å². The Morgan fingerprint density at radius 2 is 2.20 bits per heavy atom. The standard InChI is InChI=1S/C12H15ClN2/c13-12-4-3-10(7-14-12)15-11-6-8-1-2-9(11)5-8/h3-4,7-9,11,15H,1-2,5-6H2/t8-,9-,11-/m1/s1. The van der Waals surface area contributed by atoms with Gasteiger partial charge in [0.15, 0.2) is 0 Å². The first kappa shape index (κ1) is 9.46. The maximum absolute atomic E-state index is 5.75. The first-order chi connectivity index (χ1) is 7.31. The van der Waals surface area contributed by atoms with Gasteiger partial charge in [0.1, 0.15) is 5.15 Å². The molecule has 0 aromatic carbocycles.